The predicted octanol–water partition coefficient (Wildman–Crippen LogP) is 1.50. The van der Waals surface area contributed by atoms with Crippen LogP contribution >= 0.6 is 0 Å². The Morgan fingerprint density at radius 3 is 2.30 bits per heavy atom. The first-order chi connectivity index (χ1) is 11.1. The van der Waals surface area contributed by atoms with E-state index in [1.807, 2.05) is 0 Å². The van der Waals surface area contributed by atoms with E-state index in [4.69, 9.17) is 0 Å². The maximum atomic E-state index is 12.0. The quantitative estimate of drug-likeness (QED) is 0.732. The third-order valence-corrected chi connectivity index (χ3v) is 3.56. The van der Waals surface area contributed by atoms with Gasteiger partial charge in [-0.1, -0.05) is 12.1 Å². The van der Waals surface area contributed by atoms with Crippen molar-refractivity contribution in [3.63, 3.8) is 0 Å². The normalized spacial score (nSPS) is 11.9. The molecule has 3 rings (SSSR count). The number of pyridine rings is 1. The first-order valence-electron chi connectivity index (χ1n) is 6.58. The molecule has 3 aromatic rings. The Balaban J connectivity index is 1.98. The van der Waals surface area contributed by atoms with Gasteiger partial charge in [-0.05, 0) is 29.3 Å². The van der Waals surface area contributed by atoms with Crippen LogP contribution in [0.25, 0.3) is 16.8 Å². The molecule has 116 valence electrons. The van der Waals surface area contributed by atoms with Crippen LogP contribution in [-0.4, -0.2) is 23.3 Å². The average Bonchev–Trinajstić information content (AvgIpc) is 2.56. The zero-order valence-corrected chi connectivity index (χ0v) is 12.6. The molecule has 0 spiro atoms. The van der Waals surface area contributed by atoms with Gasteiger partial charge in [0.15, 0.2) is 0 Å². The molecular weight excluding hydrogens is 316 g/mol. The van der Waals surface area contributed by atoms with Crippen molar-refractivity contribution in [3.8, 4) is 16.8 Å². The van der Waals surface area contributed by atoms with E-state index < -0.39 is 11.3 Å². The van der Waals surface area contributed by atoms with Gasteiger partial charge in [-0.3, -0.25) is 13.6 Å². The zero-order valence-electron chi connectivity index (χ0n) is 11.7. The summed E-state index contributed by atoms with van der Waals surface area (Å²) in [5.41, 5.74) is 2.50. The smallest absolute Gasteiger partial charge is 0.255 e. The molecule has 0 bridgehead atoms. The zero-order chi connectivity index (χ0) is 16.2. The Morgan fingerprint density at radius 2 is 1.65 bits per heavy atom. The molecule has 0 amide bonds. The summed E-state index contributed by atoms with van der Waals surface area (Å²) >= 11 is -2.36. The van der Waals surface area contributed by atoms with Crippen LogP contribution < -0.4 is 10.3 Å². The number of benzene rings is 1. The molecule has 0 saturated carbocycles. The van der Waals surface area contributed by atoms with Crippen molar-refractivity contribution in [1.82, 2.24) is 14.5 Å². The number of aromatic nitrogens is 3. The average molecular weight is 327 g/mol. The van der Waals surface area contributed by atoms with Crippen LogP contribution in [0.1, 0.15) is 0 Å². The topological polar surface area (TPSA) is 99.9 Å². The van der Waals surface area contributed by atoms with Crippen LogP contribution in [0.3, 0.4) is 0 Å². The number of hydrogen-bond acceptors (Lipinski definition) is 5. The van der Waals surface area contributed by atoms with Gasteiger partial charge < -0.3 is 9.27 Å². The molecule has 0 aliphatic carbocycles. The van der Waals surface area contributed by atoms with Crippen LogP contribution in [0.5, 0.6) is 0 Å². The summed E-state index contributed by atoms with van der Waals surface area (Å²) in [5.74, 6) is 0. The third kappa shape index (κ3) is 3.50. The lowest BCUT2D eigenvalue weighted by atomic mass is 10.1. The van der Waals surface area contributed by atoms with Gasteiger partial charge in [0.25, 0.3) is 5.56 Å². The maximum Gasteiger partial charge on any atom is 0.255 e. The van der Waals surface area contributed by atoms with E-state index in [0.717, 1.165) is 11.1 Å². The molecule has 0 radical (unpaired) electrons. The lowest BCUT2D eigenvalue weighted by Gasteiger charge is -2.10. The van der Waals surface area contributed by atoms with E-state index in [-0.39, 0.29) is 5.56 Å². The van der Waals surface area contributed by atoms with Gasteiger partial charge in [0.05, 0.1) is 18.1 Å². The summed E-state index contributed by atoms with van der Waals surface area (Å²) in [6, 6.07) is 9.98. The van der Waals surface area contributed by atoms with E-state index in [9.17, 15) is 13.6 Å². The van der Waals surface area contributed by atoms with Gasteiger partial charge in [0, 0.05) is 29.2 Å². The predicted molar refractivity (Wildman–Crippen MR) is 85.6 cm³/mol. The highest BCUT2D eigenvalue weighted by Crippen LogP contribution is 2.21. The largest absolute Gasteiger partial charge is 0.755 e. The molecule has 2 heterocycles. The molecule has 0 aliphatic heterocycles. The van der Waals surface area contributed by atoms with Crippen molar-refractivity contribution in [2.24, 2.45) is 0 Å². The Hall–Kier alpha value is -2.84. The summed E-state index contributed by atoms with van der Waals surface area (Å²) in [6.45, 7) is 0. The van der Waals surface area contributed by atoms with Gasteiger partial charge in [-0.2, -0.15) is 0 Å². The summed E-state index contributed by atoms with van der Waals surface area (Å²) in [5, 5.41) is 0. The molecule has 0 saturated heterocycles. The minimum absolute atomic E-state index is 0.191. The number of rotatable bonds is 4. The molecule has 1 atom stereocenters. The van der Waals surface area contributed by atoms with Gasteiger partial charge >= 0.3 is 0 Å². The fraction of sp³-hybridized carbons (Fsp3) is 0. The molecule has 8 heteroatoms. The number of nitrogens with one attached hydrogen (secondary N) is 1. The summed E-state index contributed by atoms with van der Waals surface area (Å²) in [6.07, 6.45) is 6.18. The molecule has 0 aliphatic rings. The SMILES string of the molecule is O=c1ccc(-c2ccc(NS(=O)[O-])cc2)cn1-c1cncnc1. The lowest BCUT2D eigenvalue weighted by Crippen LogP contribution is -2.16. The maximum absolute atomic E-state index is 12.0. The molecule has 1 aromatic carbocycles. The number of anilines is 1. The van der Waals surface area contributed by atoms with Crippen LogP contribution in [0.2, 0.25) is 0 Å². The molecule has 1 unspecified atom stereocenters. The Kier molecular flexibility index (Phi) is 4.26. The Bertz CT molecular complexity index is 895. The fourth-order valence-electron chi connectivity index (χ4n) is 2.10. The lowest BCUT2D eigenvalue weighted by molar-refractivity contribution is 0.542. The van der Waals surface area contributed by atoms with Crippen molar-refractivity contribution in [2.45, 2.75) is 0 Å². The Labute approximate surface area is 134 Å². The number of hydrogen-bond donors (Lipinski definition) is 1. The van der Waals surface area contributed by atoms with E-state index in [2.05, 4.69) is 14.7 Å². The highest BCUT2D eigenvalue weighted by Gasteiger charge is 2.04. The van der Waals surface area contributed by atoms with Gasteiger partial charge in [0.2, 0.25) is 0 Å². The summed E-state index contributed by atoms with van der Waals surface area (Å²) in [7, 11) is 0. The molecule has 0 fully saturated rings. The Morgan fingerprint density at radius 1 is 1.00 bits per heavy atom. The molecule has 7 nitrogen and oxygen atoms in total. The van der Waals surface area contributed by atoms with Gasteiger partial charge in [-0.15, -0.1) is 0 Å². The molecule has 23 heavy (non-hydrogen) atoms. The van der Waals surface area contributed by atoms with Gasteiger partial charge in [0.1, 0.15) is 6.33 Å². The van der Waals surface area contributed by atoms with Crippen LogP contribution in [0.15, 0.2) is 66.1 Å². The highest BCUT2D eigenvalue weighted by atomic mass is 32.2. The third-order valence-electron chi connectivity index (χ3n) is 3.16. The van der Waals surface area contributed by atoms with E-state index >= 15 is 0 Å². The van der Waals surface area contributed by atoms with Crippen LogP contribution in [0, 0.1) is 0 Å². The minimum atomic E-state index is -2.36. The fourth-order valence-corrected chi connectivity index (χ4v) is 2.43. The van der Waals surface area contributed by atoms with Crippen LogP contribution in [0.4, 0.5) is 5.69 Å². The molecular formula is C15H11N4O3S-. The second kappa shape index (κ2) is 6.51. The number of nitrogens with zero attached hydrogens (tertiary/aromatic N) is 3. The second-order valence-corrected chi connectivity index (χ2v) is 5.31. The second-order valence-electron chi connectivity index (χ2n) is 4.64. The van der Waals surface area contributed by atoms with Crippen LogP contribution in [-0.2, 0) is 11.3 Å². The van der Waals surface area contributed by atoms with E-state index in [1.165, 1.54) is 17.0 Å². The molecule has 1 N–H and O–H groups in total. The summed E-state index contributed by atoms with van der Waals surface area (Å²) < 4.78 is 24.9. The van der Waals surface area contributed by atoms with E-state index in [0.29, 0.717) is 11.4 Å². The molecule has 2 aromatic heterocycles. The minimum Gasteiger partial charge on any atom is -0.755 e. The first kappa shape index (κ1) is 15.1. The highest BCUT2D eigenvalue weighted by molar-refractivity contribution is 7.80. The van der Waals surface area contributed by atoms with E-state index in [1.54, 1.807) is 48.9 Å². The van der Waals surface area contributed by atoms with Gasteiger partial charge in [-0.25, -0.2) is 9.97 Å². The monoisotopic (exact) mass is 327 g/mol. The van der Waals surface area contributed by atoms with Crippen molar-refractivity contribution in [2.75, 3.05) is 4.72 Å². The van der Waals surface area contributed by atoms with Crippen molar-refractivity contribution in [3.05, 3.63) is 71.7 Å². The van der Waals surface area contributed by atoms with Crippen molar-refractivity contribution < 1.29 is 8.76 Å². The van der Waals surface area contributed by atoms with Crippen molar-refractivity contribution >= 4 is 17.0 Å². The first-order valence-corrected chi connectivity index (χ1v) is 7.65. The van der Waals surface area contributed by atoms with Crippen molar-refractivity contribution in [1.29, 1.82) is 0 Å². The standard InChI is InChI=1S/C15H12N4O3S/c20-15-6-3-12(9-19(15)14-7-16-10-17-8-14)11-1-4-13(5-2-11)18-23(21)22/h1-10,18H,(H,21,22)/p-1. The summed E-state index contributed by atoms with van der Waals surface area (Å²) in [4.78, 5) is 19.8.